The molecular weight excluding hydrogens is 252 g/mol. The molecule has 15 heavy (non-hydrogen) atoms. The first-order chi connectivity index (χ1) is 7.42. The van der Waals surface area contributed by atoms with Crippen molar-refractivity contribution in [1.29, 1.82) is 0 Å². The number of halogens is 1. The molecule has 0 saturated heterocycles. The molecule has 0 fully saturated rings. The third kappa shape index (κ3) is 2.51. The molecule has 2 aromatic carbocycles. The van der Waals surface area contributed by atoms with Gasteiger partial charge in [-0.05, 0) is 30.0 Å². The average molecular weight is 264 g/mol. The quantitative estimate of drug-likeness (QED) is 0.602. The lowest BCUT2D eigenvalue weighted by Crippen LogP contribution is -1.97. The molecule has 0 aliphatic heterocycles. The number of fused-ring (bicyclic) bond motifs is 1. The molecule has 0 aliphatic rings. The van der Waals surface area contributed by atoms with E-state index in [1.165, 1.54) is 5.39 Å². The predicted octanol–water partition coefficient (Wildman–Crippen LogP) is 3.80. The highest BCUT2D eigenvalue weighted by Crippen LogP contribution is 2.24. The number of hydrogen-bond acceptors (Lipinski definition) is 1. The topological polar surface area (TPSA) is 9.23 Å². The van der Waals surface area contributed by atoms with Crippen LogP contribution in [-0.2, 0) is 0 Å². The van der Waals surface area contributed by atoms with Crippen LogP contribution in [0, 0.1) is 6.07 Å². The Morgan fingerprint density at radius 2 is 2.07 bits per heavy atom. The number of alkyl halides is 1. The van der Waals surface area contributed by atoms with Gasteiger partial charge >= 0.3 is 0 Å². The Hall–Kier alpha value is -1.02. The summed E-state index contributed by atoms with van der Waals surface area (Å²) in [5.41, 5.74) is 0. The minimum absolute atomic E-state index is 0.743. The van der Waals surface area contributed by atoms with Crippen molar-refractivity contribution in [3.63, 3.8) is 0 Å². The van der Waals surface area contributed by atoms with Crippen molar-refractivity contribution >= 4 is 26.7 Å². The highest BCUT2D eigenvalue weighted by atomic mass is 79.9. The molecule has 0 saturated carbocycles. The van der Waals surface area contributed by atoms with Gasteiger partial charge in [0.15, 0.2) is 0 Å². The smallest absolute Gasteiger partial charge is 0.127 e. The van der Waals surface area contributed by atoms with E-state index in [1.54, 1.807) is 0 Å². The van der Waals surface area contributed by atoms with Crippen molar-refractivity contribution in [3.8, 4) is 5.75 Å². The molecule has 0 N–H and O–H groups in total. The lowest BCUT2D eigenvalue weighted by molar-refractivity contribution is 0.323. The standard InChI is InChI=1S/C13H12BrO/c14-9-4-10-15-13-8-3-6-11-5-1-2-7-12(11)13/h1-2,5-8H,4,9-10H2. The van der Waals surface area contributed by atoms with Crippen LogP contribution in [0.4, 0.5) is 0 Å². The van der Waals surface area contributed by atoms with E-state index in [9.17, 15) is 0 Å². The molecule has 1 nitrogen and oxygen atoms in total. The Kier molecular flexibility index (Phi) is 3.62. The van der Waals surface area contributed by atoms with Gasteiger partial charge in [-0.2, -0.15) is 0 Å². The normalized spacial score (nSPS) is 10.5. The van der Waals surface area contributed by atoms with Crippen molar-refractivity contribution in [2.75, 3.05) is 11.9 Å². The van der Waals surface area contributed by atoms with Crippen LogP contribution in [0.2, 0.25) is 0 Å². The zero-order valence-corrected chi connectivity index (χ0v) is 9.96. The summed E-state index contributed by atoms with van der Waals surface area (Å²) < 4.78 is 5.70. The van der Waals surface area contributed by atoms with Crippen LogP contribution in [0.15, 0.2) is 36.4 Å². The van der Waals surface area contributed by atoms with E-state index < -0.39 is 0 Å². The Labute approximate surface area is 98.2 Å². The largest absolute Gasteiger partial charge is 0.493 e. The monoisotopic (exact) mass is 263 g/mol. The van der Waals surface area contributed by atoms with Gasteiger partial charge in [0.25, 0.3) is 0 Å². The number of rotatable bonds is 4. The molecule has 0 spiro atoms. The minimum Gasteiger partial charge on any atom is -0.493 e. The molecule has 0 aromatic heterocycles. The third-order valence-corrected chi connectivity index (χ3v) is 2.78. The van der Waals surface area contributed by atoms with E-state index >= 15 is 0 Å². The van der Waals surface area contributed by atoms with Gasteiger partial charge in [0.05, 0.1) is 6.61 Å². The van der Waals surface area contributed by atoms with Gasteiger partial charge in [0.1, 0.15) is 5.75 Å². The fraction of sp³-hybridized carbons (Fsp3) is 0.231. The number of benzene rings is 2. The summed E-state index contributed by atoms with van der Waals surface area (Å²) in [4.78, 5) is 0. The van der Waals surface area contributed by atoms with E-state index in [2.05, 4.69) is 34.1 Å². The van der Waals surface area contributed by atoms with Crippen LogP contribution in [0.1, 0.15) is 6.42 Å². The maximum Gasteiger partial charge on any atom is 0.127 e. The Balaban J connectivity index is 2.26. The predicted molar refractivity (Wildman–Crippen MR) is 66.7 cm³/mol. The van der Waals surface area contributed by atoms with Crippen LogP contribution in [0.3, 0.4) is 0 Å². The highest BCUT2D eigenvalue weighted by Gasteiger charge is 2.00. The Bertz CT molecular complexity index is 434. The lowest BCUT2D eigenvalue weighted by Gasteiger charge is -2.07. The fourth-order valence-electron chi connectivity index (χ4n) is 1.49. The molecule has 0 unspecified atom stereocenters. The Morgan fingerprint density at radius 3 is 2.93 bits per heavy atom. The maximum absolute atomic E-state index is 5.70. The van der Waals surface area contributed by atoms with Crippen LogP contribution in [0.25, 0.3) is 10.8 Å². The first-order valence-corrected chi connectivity index (χ1v) is 6.11. The Morgan fingerprint density at radius 1 is 1.20 bits per heavy atom. The zero-order chi connectivity index (χ0) is 10.5. The third-order valence-electron chi connectivity index (χ3n) is 2.22. The summed E-state index contributed by atoms with van der Waals surface area (Å²) in [5, 5.41) is 3.31. The van der Waals surface area contributed by atoms with Gasteiger partial charge in [-0.15, -0.1) is 0 Å². The zero-order valence-electron chi connectivity index (χ0n) is 8.37. The lowest BCUT2D eigenvalue weighted by atomic mass is 10.1. The van der Waals surface area contributed by atoms with Crippen LogP contribution in [-0.4, -0.2) is 11.9 Å². The van der Waals surface area contributed by atoms with Crippen molar-refractivity contribution in [2.24, 2.45) is 0 Å². The molecule has 2 rings (SSSR count). The SMILES string of the molecule is BrCCCOc1c[c]cc2ccccc12. The molecule has 0 heterocycles. The first kappa shape index (κ1) is 10.5. The number of hydrogen-bond donors (Lipinski definition) is 0. The second-order valence-corrected chi connectivity index (χ2v) is 4.09. The second kappa shape index (κ2) is 5.17. The molecule has 1 radical (unpaired) electrons. The molecule has 2 heteroatoms. The summed E-state index contributed by atoms with van der Waals surface area (Å²) >= 11 is 3.38. The second-order valence-electron chi connectivity index (χ2n) is 3.30. The van der Waals surface area contributed by atoms with E-state index in [1.807, 2.05) is 24.3 Å². The van der Waals surface area contributed by atoms with Gasteiger partial charge in [-0.25, -0.2) is 0 Å². The molecule has 0 bridgehead atoms. The molecule has 0 amide bonds. The maximum atomic E-state index is 5.70. The molecule has 2 aromatic rings. The summed E-state index contributed by atoms with van der Waals surface area (Å²) in [7, 11) is 0. The van der Waals surface area contributed by atoms with E-state index in [0.717, 1.165) is 29.5 Å². The molecule has 0 aliphatic carbocycles. The van der Waals surface area contributed by atoms with Crippen LogP contribution in [0.5, 0.6) is 5.75 Å². The van der Waals surface area contributed by atoms with Gasteiger partial charge < -0.3 is 4.74 Å². The van der Waals surface area contributed by atoms with Gasteiger partial charge in [0.2, 0.25) is 0 Å². The number of ether oxygens (including phenoxy) is 1. The first-order valence-electron chi connectivity index (χ1n) is 4.99. The fourth-order valence-corrected chi connectivity index (χ4v) is 1.72. The van der Waals surface area contributed by atoms with E-state index in [4.69, 9.17) is 4.74 Å². The molecule has 77 valence electrons. The molecular formula is C13H12BrO. The van der Waals surface area contributed by atoms with Gasteiger partial charge in [0, 0.05) is 10.7 Å². The summed E-state index contributed by atoms with van der Waals surface area (Å²) in [6, 6.07) is 15.2. The summed E-state index contributed by atoms with van der Waals surface area (Å²) in [6.45, 7) is 0.743. The van der Waals surface area contributed by atoms with Gasteiger partial charge in [-0.1, -0.05) is 40.2 Å². The summed E-state index contributed by atoms with van der Waals surface area (Å²) in [6.07, 6.45) is 1.02. The van der Waals surface area contributed by atoms with E-state index in [-0.39, 0.29) is 0 Å². The van der Waals surface area contributed by atoms with E-state index in [0.29, 0.717) is 0 Å². The van der Waals surface area contributed by atoms with Crippen molar-refractivity contribution in [1.82, 2.24) is 0 Å². The van der Waals surface area contributed by atoms with Crippen molar-refractivity contribution in [2.45, 2.75) is 6.42 Å². The molecule has 0 atom stereocenters. The summed E-state index contributed by atoms with van der Waals surface area (Å²) in [5.74, 6) is 0.925. The van der Waals surface area contributed by atoms with Crippen molar-refractivity contribution < 1.29 is 4.74 Å². The van der Waals surface area contributed by atoms with Gasteiger partial charge in [-0.3, -0.25) is 0 Å². The average Bonchev–Trinajstić information content (AvgIpc) is 2.30. The van der Waals surface area contributed by atoms with Crippen LogP contribution >= 0.6 is 15.9 Å². The van der Waals surface area contributed by atoms with Crippen molar-refractivity contribution in [3.05, 3.63) is 42.5 Å². The highest BCUT2D eigenvalue weighted by molar-refractivity contribution is 9.09. The van der Waals surface area contributed by atoms with Crippen LogP contribution < -0.4 is 4.74 Å². The minimum atomic E-state index is 0.743.